The van der Waals surface area contributed by atoms with Gasteiger partial charge in [0.25, 0.3) is 0 Å². The van der Waals surface area contributed by atoms with Crippen LogP contribution in [0.15, 0.2) is 18.2 Å². The molecule has 2 aliphatic rings. The first-order chi connectivity index (χ1) is 10.2. The minimum absolute atomic E-state index is 0.0310. The van der Waals surface area contributed by atoms with Gasteiger partial charge in [-0.15, -0.1) is 0 Å². The number of aliphatic hydroxyl groups is 1. The van der Waals surface area contributed by atoms with E-state index in [1.54, 1.807) is 7.11 Å². The highest BCUT2D eigenvalue weighted by Crippen LogP contribution is 2.36. The Hall–Kier alpha value is -1.59. The van der Waals surface area contributed by atoms with Crippen molar-refractivity contribution in [3.8, 4) is 5.75 Å². The highest BCUT2D eigenvalue weighted by Gasteiger charge is 2.32. The lowest BCUT2D eigenvalue weighted by Gasteiger charge is -2.28. The first kappa shape index (κ1) is 14.4. The van der Waals surface area contributed by atoms with Crippen molar-refractivity contribution in [3.05, 3.63) is 29.3 Å². The van der Waals surface area contributed by atoms with Crippen LogP contribution in [0.1, 0.15) is 42.5 Å². The monoisotopic (exact) mass is 291 g/mol. The van der Waals surface area contributed by atoms with Crippen LogP contribution in [0.5, 0.6) is 5.75 Å². The van der Waals surface area contributed by atoms with Crippen LogP contribution in [0.25, 0.3) is 0 Å². The molecule has 5 nitrogen and oxygen atoms in total. The number of aliphatic hydroxyl groups excluding tert-OH is 1. The standard InChI is InChI=1S/C16H21NO4/c1-20-9-14(18)11-4-5-15-12(8-11)13(6-7-21-15)17-16(19)10-2-3-10/h4-5,8,10,13-14,18H,2-3,6-7,9H2,1H3,(H,17,19). The predicted molar refractivity (Wildman–Crippen MR) is 77.0 cm³/mol. The van der Waals surface area contributed by atoms with Crippen molar-refractivity contribution in [2.24, 2.45) is 5.92 Å². The first-order valence-electron chi connectivity index (χ1n) is 7.43. The molecule has 2 unspecified atom stereocenters. The van der Waals surface area contributed by atoms with Crippen LogP contribution in [0, 0.1) is 5.92 Å². The number of rotatable bonds is 5. The van der Waals surface area contributed by atoms with Crippen LogP contribution in [0.2, 0.25) is 0 Å². The van der Waals surface area contributed by atoms with Crippen molar-refractivity contribution in [1.82, 2.24) is 5.32 Å². The third-order valence-corrected chi connectivity index (χ3v) is 4.05. The molecule has 1 aliphatic heterocycles. The van der Waals surface area contributed by atoms with E-state index in [4.69, 9.17) is 9.47 Å². The normalized spacial score (nSPS) is 22.1. The molecule has 1 amide bonds. The van der Waals surface area contributed by atoms with E-state index in [1.165, 1.54) is 0 Å². The lowest BCUT2D eigenvalue weighted by Crippen LogP contribution is -2.33. The van der Waals surface area contributed by atoms with E-state index in [2.05, 4.69) is 5.32 Å². The van der Waals surface area contributed by atoms with Crippen LogP contribution in [-0.4, -0.2) is 31.3 Å². The molecule has 1 saturated carbocycles. The first-order valence-corrected chi connectivity index (χ1v) is 7.43. The molecular formula is C16H21NO4. The molecule has 0 aromatic heterocycles. The second kappa shape index (κ2) is 6.03. The Balaban J connectivity index is 1.80. The number of carbonyl (C=O) groups excluding carboxylic acids is 1. The Labute approximate surface area is 124 Å². The summed E-state index contributed by atoms with van der Waals surface area (Å²) in [4.78, 5) is 12.0. The number of benzene rings is 1. The Morgan fingerprint density at radius 2 is 2.29 bits per heavy atom. The molecule has 21 heavy (non-hydrogen) atoms. The maximum atomic E-state index is 12.0. The van der Waals surface area contributed by atoms with E-state index in [0.717, 1.165) is 36.1 Å². The molecule has 114 valence electrons. The molecule has 3 rings (SSSR count). The molecule has 0 radical (unpaired) electrons. The van der Waals surface area contributed by atoms with Gasteiger partial charge in [-0.2, -0.15) is 0 Å². The predicted octanol–water partition coefficient (Wildman–Crippen LogP) is 1.72. The summed E-state index contributed by atoms with van der Waals surface area (Å²) >= 11 is 0. The van der Waals surface area contributed by atoms with E-state index in [9.17, 15) is 9.90 Å². The summed E-state index contributed by atoms with van der Waals surface area (Å²) in [7, 11) is 1.56. The largest absolute Gasteiger partial charge is 0.493 e. The number of hydrogen-bond acceptors (Lipinski definition) is 4. The number of ether oxygens (including phenoxy) is 2. The third kappa shape index (κ3) is 3.19. The number of amides is 1. The Kier molecular flexibility index (Phi) is 4.12. The lowest BCUT2D eigenvalue weighted by atomic mass is 9.96. The summed E-state index contributed by atoms with van der Waals surface area (Å²) < 4.78 is 10.6. The zero-order chi connectivity index (χ0) is 14.8. The maximum absolute atomic E-state index is 12.0. The Bertz CT molecular complexity index is 527. The fourth-order valence-corrected chi connectivity index (χ4v) is 2.66. The molecule has 1 fully saturated rings. The second-order valence-electron chi connectivity index (χ2n) is 5.74. The van der Waals surface area contributed by atoms with Gasteiger partial charge in [0.15, 0.2) is 0 Å². The van der Waals surface area contributed by atoms with Crippen LogP contribution in [-0.2, 0) is 9.53 Å². The molecule has 2 N–H and O–H groups in total. The van der Waals surface area contributed by atoms with Gasteiger partial charge in [-0.25, -0.2) is 0 Å². The lowest BCUT2D eigenvalue weighted by molar-refractivity contribution is -0.123. The van der Waals surface area contributed by atoms with Crippen molar-refractivity contribution in [2.75, 3.05) is 20.3 Å². The van der Waals surface area contributed by atoms with Crippen molar-refractivity contribution in [2.45, 2.75) is 31.4 Å². The van der Waals surface area contributed by atoms with Crippen LogP contribution >= 0.6 is 0 Å². The highest BCUT2D eigenvalue weighted by atomic mass is 16.5. The Morgan fingerprint density at radius 1 is 1.48 bits per heavy atom. The number of nitrogens with one attached hydrogen (secondary N) is 1. The number of hydrogen-bond donors (Lipinski definition) is 2. The quantitative estimate of drug-likeness (QED) is 0.866. The van der Waals surface area contributed by atoms with Gasteiger partial charge < -0.3 is 19.9 Å². The summed E-state index contributed by atoms with van der Waals surface area (Å²) in [6.45, 7) is 0.849. The zero-order valence-electron chi connectivity index (χ0n) is 12.2. The van der Waals surface area contributed by atoms with Gasteiger partial charge in [-0.1, -0.05) is 6.07 Å². The molecule has 0 bridgehead atoms. The minimum atomic E-state index is -0.665. The molecule has 1 heterocycles. The van der Waals surface area contributed by atoms with E-state index in [1.807, 2.05) is 18.2 Å². The number of carbonyl (C=O) groups is 1. The molecule has 5 heteroatoms. The SMILES string of the molecule is COCC(O)c1ccc2c(c1)C(NC(=O)C1CC1)CCO2. The molecule has 0 spiro atoms. The average Bonchev–Trinajstić information content (AvgIpc) is 3.32. The van der Waals surface area contributed by atoms with E-state index >= 15 is 0 Å². The minimum Gasteiger partial charge on any atom is -0.493 e. The molecule has 1 aromatic rings. The smallest absolute Gasteiger partial charge is 0.223 e. The summed E-state index contributed by atoms with van der Waals surface area (Å²) in [5, 5.41) is 13.1. The van der Waals surface area contributed by atoms with Gasteiger partial charge in [0.1, 0.15) is 11.9 Å². The van der Waals surface area contributed by atoms with Crippen molar-refractivity contribution >= 4 is 5.91 Å². The van der Waals surface area contributed by atoms with Gasteiger partial charge in [0.05, 0.1) is 19.3 Å². The highest BCUT2D eigenvalue weighted by molar-refractivity contribution is 5.81. The Morgan fingerprint density at radius 3 is 3.00 bits per heavy atom. The fourth-order valence-electron chi connectivity index (χ4n) is 2.66. The molecular weight excluding hydrogens is 270 g/mol. The number of methoxy groups -OCH3 is 1. The van der Waals surface area contributed by atoms with Gasteiger partial charge in [-0.05, 0) is 30.5 Å². The zero-order valence-corrected chi connectivity index (χ0v) is 12.2. The summed E-state index contributed by atoms with van der Waals surface area (Å²) in [6, 6.07) is 5.58. The van der Waals surface area contributed by atoms with Crippen LogP contribution in [0.4, 0.5) is 0 Å². The van der Waals surface area contributed by atoms with Crippen LogP contribution in [0.3, 0.4) is 0 Å². The summed E-state index contributed by atoms with van der Waals surface area (Å²) in [5.41, 5.74) is 1.73. The average molecular weight is 291 g/mol. The van der Waals surface area contributed by atoms with Gasteiger partial charge in [0.2, 0.25) is 5.91 Å². The molecule has 1 aliphatic carbocycles. The van der Waals surface area contributed by atoms with E-state index in [-0.39, 0.29) is 24.5 Å². The summed E-state index contributed by atoms with van der Waals surface area (Å²) in [6.07, 6.45) is 2.08. The number of fused-ring (bicyclic) bond motifs is 1. The van der Waals surface area contributed by atoms with Gasteiger partial charge in [0, 0.05) is 25.0 Å². The molecule has 1 aromatic carbocycles. The van der Waals surface area contributed by atoms with Crippen molar-refractivity contribution in [1.29, 1.82) is 0 Å². The second-order valence-corrected chi connectivity index (χ2v) is 5.74. The maximum Gasteiger partial charge on any atom is 0.223 e. The van der Waals surface area contributed by atoms with Crippen LogP contribution < -0.4 is 10.1 Å². The molecule has 2 atom stereocenters. The van der Waals surface area contributed by atoms with E-state index in [0.29, 0.717) is 6.61 Å². The van der Waals surface area contributed by atoms with Crippen molar-refractivity contribution < 1.29 is 19.4 Å². The summed E-state index contributed by atoms with van der Waals surface area (Å²) in [5.74, 6) is 1.12. The third-order valence-electron chi connectivity index (χ3n) is 4.05. The van der Waals surface area contributed by atoms with E-state index < -0.39 is 6.10 Å². The molecule has 0 saturated heterocycles. The fraction of sp³-hybridized carbons (Fsp3) is 0.562. The van der Waals surface area contributed by atoms with Gasteiger partial charge in [-0.3, -0.25) is 4.79 Å². The topological polar surface area (TPSA) is 67.8 Å². The van der Waals surface area contributed by atoms with Crippen molar-refractivity contribution in [3.63, 3.8) is 0 Å². The van der Waals surface area contributed by atoms with Gasteiger partial charge >= 0.3 is 0 Å².